The fraction of sp³-hybridized carbons (Fsp3) is 0.238. The molecule has 6 nitrogen and oxygen atoms in total. The van der Waals surface area contributed by atoms with Crippen LogP contribution in [0.1, 0.15) is 47.9 Å². The lowest BCUT2D eigenvalue weighted by Crippen LogP contribution is -2.11. The molecular weight excluding hydrogens is 344 g/mol. The molecule has 0 amide bonds. The molecule has 0 bridgehead atoms. The molecule has 3 aromatic rings. The van der Waals surface area contributed by atoms with Gasteiger partial charge in [0, 0.05) is 12.0 Å². The number of aromatic nitrogens is 2. The van der Waals surface area contributed by atoms with E-state index in [2.05, 4.69) is 10.1 Å². The number of Topliss-reactive ketones (excluding diaryl/α,β-unsaturated/α-hetero) is 1. The standard InChI is InChI=1S/C21H20N2O4/c1-14(21-22-15(2)23-27-21)26-20(25)13-12-19(24)18-10-8-17(9-11-18)16-6-4-3-5-7-16/h3-11,14H,12-13H2,1-2H3. The summed E-state index contributed by atoms with van der Waals surface area (Å²) in [6.45, 7) is 3.33. The van der Waals surface area contributed by atoms with Gasteiger partial charge in [0.05, 0.1) is 6.42 Å². The minimum atomic E-state index is -0.640. The molecule has 0 N–H and O–H groups in total. The third-order valence-electron chi connectivity index (χ3n) is 4.07. The number of esters is 1. The van der Waals surface area contributed by atoms with Crippen LogP contribution in [0.3, 0.4) is 0 Å². The first kappa shape index (κ1) is 18.5. The number of carbonyl (C=O) groups is 2. The molecule has 1 heterocycles. The monoisotopic (exact) mass is 364 g/mol. The molecule has 0 aliphatic rings. The Kier molecular flexibility index (Phi) is 5.76. The van der Waals surface area contributed by atoms with Crippen LogP contribution >= 0.6 is 0 Å². The van der Waals surface area contributed by atoms with Crippen molar-refractivity contribution in [3.8, 4) is 11.1 Å². The Hall–Kier alpha value is -3.28. The van der Waals surface area contributed by atoms with E-state index >= 15 is 0 Å². The van der Waals surface area contributed by atoms with Crippen molar-refractivity contribution < 1.29 is 18.8 Å². The number of ketones is 1. The van der Waals surface area contributed by atoms with Gasteiger partial charge in [-0.3, -0.25) is 9.59 Å². The first-order valence-electron chi connectivity index (χ1n) is 8.71. The summed E-state index contributed by atoms with van der Waals surface area (Å²) in [5.74, 6) is 0.131. The minimum absolute atomic E-state index is 0.00324. The molecule has 6 heteroatoms. The third-order valence-corrected chi connectivity index (χ3v) is 4.07. The normalized spacial score (nSPS) is 11.8. The summed E-state index contributed by atoms with van der Waals surface area (Å²) in [7, 11) is 0. The highest BCUT2D eigenvalue weighted by molar-refractivity contribution is 5.97. The Morgan fingerprint density at radius 3 is 2.30 bits per heavy atom. The summed E-state index contributed by atoms with van der Waals surface area (Å²) in [4.78, 5) is 28.3. The molecule has 1 atom stereocenters. The molecule has 2 aromatic carbocycles. The zero-order valence-corrected chi connectivity index (χ0v) is 15.2. The molecule has 27 heavy (non-hydrogen) atoms. The van der Waals surface area contributed by atoms with Gasteiger partial charge < -0.3 is 9.26 Å². The van der Waals surface area contributed by atoms with Gasteiger partial charge >= 0.3 is 5.97 Å². The minimum Gasteiger partial charge on any atom is -0.453 e. The number of nitrogens with zero attached hydrogens (tertiary/aromatic N) is 2. The van der Waals surface area contributed by atoms with Crippen molar-refractivity contribution in [1.29, 1.82) is 0 Å². The van der Waals surface area contributed by atoms with Crippen molar-refractivity contribution in [2.45, 2.75) is 32.8 Å². The Balaban J connectivity index is 1.52. The van der Waals surface area contributed by atoms with Crippen molar-refractivity contribution in [1.82, 2.24) is 10.1 Å². The van der Waals surface area contributed by atoms with Crippen LogP contribution in [0.25, 0.3) is 11.1 Å². The van der Waals surface area contributed by atoms with E-state index in [9.17, 15) is 9.59 Å². The van der Waals surface area contributed by atoms with E-state index in [0.717, 1.165) is 11.1 Å². The molecule has 0 aliphatic carbocycles. The maximum atomic E-state index is 12.3. The number of benzene rings is 2. The number of ether oxygens (including phenoxy) is 1. The van der Waals surface area contributed by atoms with Gasteiger partial charge in [0.25, 0.3) is 5.89 Å². The van der Waals surface area contributed by atoms with E-state index in [1.165, 1.54) is 0 Å². The molecule has 0 radical (unpaired) electrons. The van der Waals surface area contributed by atoms with Gasteiger partial charge in [0.2, 0.25) is 0 Å². The Bertz CT molecular complexity index is 917. The number of hydrogen-bond donors (Lipinski definition) is 0. The summed E-state index contributed by atoms with van der Waals surface area (Å²) in [6, 6.07) is 17.3. The SMILES string of the molecule is Cc1noc(C(C)OC(=O)CCC(=O)c2ccc(-c3ccccc3)cc2)n1. The Morgan fingerprint density at radius 1 is 1.00 bits per heavy atom. The lowest BCUT2D eigenvalue weighted by atomic mass is 10.0. The molecular formula is C21H20N2O4. The maximum Gasteiger partial charge on any atom is 0.307 e. The van der Waals surface area contributed by atoms with Gasteiger partial charge in [0.1, 0.15) is 0 Å². The first-order chi connectivity index (χ1) is 13.0. The van der Waals surface area contributed by atoms with Crippen LogP contribution in [0.15, 0.2) is 59.1 Å². The van der Waals surface area contributed by atoms with Gasteiger partial charge in [-0.15, -0.1) is 0 Å². The van der Waals surface area contributed by atoms with Crippen LogP contribution in [-0.2, 0) is 9.53 Å². The van der Waals surface area contributed by atoms with E-state index < -0.39 is 12.1 Å². The number of rotatable bonds is 7. The van der Waals surface area contributed by atoms with E-state index in [0.29, 0.717) is 11.4 Å². The summed E-state index contributed by atoms with van der Waals surface area (Å²) in [6.07, 6.45) is -0.561. The molecule has 0 spiro atoms. The molecule has 1 unspecified atom stereocenters. The molecule has 1 aromatic heterocycles. The fourth-order valence-corrected chi connectivity index (χ4v) is 2.62. The number of aryl methyl sites for hydroxylation is 1. The summed E-state index contributed by atoms with van der Waals surface area (Å²) in [5.41, 5.74) is 2.70. The highest BCUT2D eigenvalue weighted by Crippen LogP contribution is 2.20. The average molecular weight is 364 g/mol. The van der Waals surface area contributed by atoms with Gasteiger partial charge in [-0.05, 0) is 25.0 Å². The fourth-order valence-electron chi connectivity index (χ4n) is 2.62. The largest absolute Gasteiger partial charge is 0.453 e. The number of carbonyl (C=O) groups excluding carboxylic acids is 2. The lowest BCUT2D eigenvalue weighted by molar-refractivity contribution is -0.149. The molecule has 3 rings (SSSR count). The van der Waals surface area contributed by atoms with E-state index in [1.54, 1.807) is 26.0 Å². The Morgan fingerprint density at radius 2 is 1.67 bits per heavy atom. The predicted molar refractivity (Wildman–Crippen MR) is 99.0 cm³/mol. The molecule has 0 saturated heterocycles. The second kappa shape index (κ2) is 8.40. The Labute approximate surface area is 157 Å². The van der Waals surface area contributed by atoms with Crippen molar-refractivity contribution in [2.75, 3.05) is 0 Å². The molecule has 0 aliphatic heterocycles. The van der Waals surface area contributed by atoms with Crippen LogP contribution < -0.4 is 0 Å². The number of hydrogen-bond acceptors (Lipinski definition) is 6. The van der Waals surface area contributed by atoms with Crippen molar-refractivity contribution in [3.63, 3.8) is 0 Å². The van der Waals surface area contributed by atoms with Crippen molar-refractivity contribution in [2.24, 2.45) is 0 Å². The topological polar surface area (TPSA) is 82.3 Å². The molecule has 0 fully saturated rings. The predicted octanol–water partition coefficient (Wildman–Crippen LogP) is 4.31. The third kappa shape index (κ3) is 4.88. The van der Waals surface area contributed by atoms with Gasteiger partial charge in [0.15, 0.2) is 17.7 Å². The van der Waals surface area contributed by atoms with Crippen molar-refractivity contribution in [3.05, 3.63) is 71.9 Å². The summed E-state index contributed by atoms with van der Waals surface area (Å²) < 4.78 is 10.2. The van der Waals surface area contributed by atoms with Crippen LogP contribution in [0.5, 0.6) is 0 Å². The summed E-state index contributed by atoms with van der Waals surface area (Å²) >= 11 is 0. The highest BCUT2D eigenvalue weighted by atomic mass is 16.6. The molecule has 0 saturated carbocycles. The van der Waals surface area contributed by atoms with Crippen LogP contribution in [-0.4, -0.2) is 21.9 Å². The average Bonchev–Trinajstić information content (AvgIpc) is 3.13. The van der Waals surface area contributed by atoms with E-state index in [1.807, 2.05) is 42.5 Å². The van der Waals surface area contributed by atoms with Gasteiger partial charge in [-0.1, -0.05) is 59.8 Å². The first-order valence-corrected chi connectivity index (χ1v) is 8.71. The van der Waals surface area contributed by atoms with Crippen LogP contribution in [0.4, 0.5) is 0 Å². The van der Waals surface area contributed by atoms with Crippen LogP contribution in [0, 0.1) is 6.92 Å². The summed E-state index contributed by atoms with van der Waals surface area (Å²) in [5, 5.41) is 3.66. The maximum absolute atomic E-state index is 12.3. The zero-order valence-electron chi connectivity index (χ0n) is 15.2. The van der Waals surface area contributed by atoms with Crippen LogP contribution in [0.2, 0.25) is 0 Å². The van der Waals surface area contributed by atoms with Crippen molar-refractivity contribution >= 4 is 11.8 Å². The van der Waals surface area contributed by atoms with Gasteiger partial charge in [-0.2, -0.15) is 4.98 Å². The second-order valence-corrected chi connectivity index (χ2v) is 6.18. The van der Waals surface area contributed by atoms with E-state index in [4.69, 9.17) is 9.26 Å². The molecule has 138 valence electrons. The smallest absolute Gasteiger partial charge is 0.307 e. The zero-order chi connectivity index (χ0) is 19.2. The second-order valence-electron chi connectivity index (χ2n) is 6.18. The lowest BCUT2D eigenvalue weighted by Gasteiger charge is -2.09. The van der Waals surface area contributed by atoms with E-state index in [-0.39, 0.29) is 24.5 Å². The highest BCUT2D eigenvalue weighted by Gasteiger charge is 2.18. The quantitative estimate of drug-likeness (QED) is 0.459. The van der Waals surface area contributed by atoms with Gasteiger partial charge in [-0.25, -0.2) is 0 Å².